The molecule has 7 heteroatoms. The van der Waals surface area contributed by atoms with Crippen LogP contribution in [-0.2, 0) is 4.74 Å². The van der Waals surface area contributed by atoms with E-state index in [9.17, 15) is 0 Å². The summed E-state index contributed by atoms with van der Waals surface area (Å²) in [4.78, 5) is 15.3. The number of nitrogens with zero attached hydrogens (tertiary/aromatic N) is 4. The van der Waals surface area contributed by atoms with Crippen LogP contribution >= 0.6 is 0 Å². The quantitative estimate of drug-likeness (QED) is 0.856. The topological polar surface area (TPSA) is 72.4 Å². The maximum Gasteiger partial charge on any atom is 0.323 e. The summed E-state index contributed by atoms with van der Waals surface area (Å²) in [5, 5.41) is 3.13. The van der Waals surface area contributed by atoms with Gasteiger partial charge in [-0.15, -0.1) is 0 Å². The molecular weight excluding hydrogens is 270 g/mol. The summed E-state index contributed by atoms with van der Waals surface area (Å²) in [5.41, 5.74) is 0. The molecule has 0 spiro atoms. The van der Waals surface area contributed by atoms with Crippen LogP contribution in [0.3, 0.4) is 0 Å². The van der Waals surface area contributed by atoms with Gasteiger partial charge in [-0.1, -0.05) is 0 Å². The minimum atomic E-state index is 0.0304. The normalized spacial score (nSPS) is 18.9. The molecule has 1 atom stereocenters. The molecule has 0 aromatic carbocycles. The monoisotopic (exact) mass is 295 g/mol. The van der Waals surface area contributed by atoms with Crippen LogP contribution < -0.4 is 15.0 Å². The second kappa shape index (κ2) is 7.40. The summed E-state index contributed by atoms with van der Waals surface area (Å²) >= 11 is 0. The van der Waals surface area contributed by atoms with E-state index in [1.165, 1.54) is 0 Å². The Morgan fingerprint density at radius 1 is 1.33 bits per heavy atom. The van der Waals surface area contributed by atoms with Crippen LogP contribution in [0.5, 0.6) is 6.01 Å². The van der Waals surface area contributed by atoms with Crippen molar-refractivity contribution in [3.8, 4) is 6.01 Å². The lowest BCUT2D eigenvalue weighted by Crippen LogP contribution is -2.40. The van der Waals surface area contributed by atoms with E-state index in [1.807, 2.05) is 20.8 Å². The van der Waals surface area contributed by atoms with E-state index in [2.05, 4.69) is 25.2 Å². The van der Waals surface area contributed by atoms with Crippen molar-refractivity contribution >= 4 is 11.9 Å². The van der Waals surface area contributed by atoms with E-state index in [0.717, 1.165) is 32.5 Å². The SMILES string of the molecule is CCNc1nc(OC(C)C)nc(N2CCCC(OC)C2)n1. The lowest BCUT2D eigenvalue weighted by Gasteiger charge is -2.32. The first kappa shape index (κ1) is 15.8. The molecule has 1 N–H and O–H groups in total. The molecule has 0 saturated carbocycles. The number of rotatable bonds is 6. The molecule has 0 amide bonds. The van der Waals surface area contributed by atoms with Gasteiger partial charge in [0.25, 0.3) is 0 Å². The second-order valence-corrected chi connectivity index (χ2v) is 5.38. The molecule has 2 heterocycles. The van der Waals surface area contributed by atoms with Crippen molar-refractivity contribution in [3.63, 3.8) is 0 Å². The van der Waals surface area contributed by atoms with Gasteiger partial charge in [-0.2, -0.15) is 15.0 Å². The molecule has 118 valence electrons. The molecule has 1 saturated heterocycles. The summed E-state index contributed by atoms with van der Waals surface area (Å²) in [6.45, 7) is 8.40. The highest BCUT2D eigenvalue weighted by Crippen LogP contribution is 2.21. The number of piperidine rings is 1. The smallest absolute Gasteiger partial charge is 0.323 e. The highest BCUT2D eigenvalue weighted by Gasteiger charge is 2.23. The van der Waals surface area contributed by atoms with Crippen molar-refractivity contribution in [2.45, 2.75) is 45.8 Å². The van der Waals surface area contributed by atoms with E-state index in [-0.39, 0.29) is 12.2 Å². The van der Waals surface area contributed by atoms with E-state index < -0.39 is 0 Å². The van der Waals surface area contributed by atoms with Crippen molar-refractivity contribution in [1.82, 2.24) is 15.0 Å². The van der Waals surface area contributed by atoms with Gasteiger partial charge in [0.15, 0.2) is 0 Å². The van der Waals surface area contributed by atoms with Gasteiger partial charge in [0.1, 0.15) is 0 Å². The van der Waals surface area contributed by atoms with Gasteiger partial charge in [0.05, 0.1) is 12.2 Å². The van der Waals surface area contributed by atoms with Crippen molar-refractivity contribution < 1.29 is 9.47 Å². The van der Waals surface area contributed by atoms with Crippen molar-refractivity contribution in [1.29, 1.82) is 0 Å². The molecule has 2 rings (SSSR count). The van der Waals surface area contributed by atoms with E-state index in [0.29, 0.717) is 17.9 Å². The Balaban J connectivity index is 2.21. The molecule has 0 aliphatic carbocycles. The van der Waals surface area contributed by atoms with Crippen LogP contribution in [0.2, 0.25) is 0 Å². The molecule has 1 aliphatic rings. The number of aromatic nitrogens is 3. The maximum absolute atomic E-state index is 5.63. The van der Waals surface area contributed by atoms with Gasteiger partial charge in [-0.05, 0) is 33.6 Å². The van der Waals surface area contributed by atoms with E-state index in [4.69, 9.17) is 9.47 Å². The zero-order valence-corrected chi connectivity index (χ0v) is 13.3. The van der Waals surface area contributed by atoms with Crippen LogP contribution in [0.1, 0.15) is 33.6 Å². The standard InChI is InChI=1S/C14H25N5O2/c1-5-15-12-16-13(18-14(17-12)21-10(2)3)19-8-6-7-11(9-19)20-4/h10-11H,5-9H2,1-4H3,(H,15,16,17,18). The zero-order valence-electron chi connectivity index (χ0n) is 13.3. The first-order chi connectivity index (χ1) is 10.1. The van der Waals surface area contributed by atoms with Crippen LogP contribution in [0, 0.1) is 0 Å². The lowest BCUT2D eigenvalue weighted by atomic mass is 10.1. The van der Waals surface area contributed by atoms with Crippen molar-refractivity contribution in [2.24, 2.45) is 0 Å². The van der Waals surface area contributed by atoms with Crippen LogP contribution in [0.15, 0.2) is 0 Å². The Bertz CT molecular complexity index is 455. The largest absolute Gasteiger partial charge is 0.461 e. The lowest BCUT2D eigenvalue weighted by molar-refractivity contribution is 0.0888. The van der Waals surface area contributed by atoms with Crippen LogP contribution in [0.25, 0.3) is 0 Å². The molecule has 1 unspecified atom stereocenters. The fourth-order valence-electron chi connectivity index (χ4n) is 2.30. The first-order valence-electron chi connectivity index (χ1n) is 7.56. The fraction of sp³-hybridized carbons (Fsp3) is 0.786. The van der Waals surface area contributed by atoms with Gasteiger partial charge >= 0.3 is 6.01 Å². The molecule has 0 radical (unpaired) electrons. The third-order valence-corrected chi connectivity index (χ3v) is 3.27. The molecule has 0 bridgehead atoms. The summed E-state index contributed by atoms with van der Waals surface area (Å²) in [6, 6.07) is 0.366. The molecular formula is C14H25N5O2. The van der Waals surface area contributed by atoms with Gasteiger partial charge in [0.2, 0.25) is 11.9 Å². The Morgan fingerprint density at radius 2 is 2.14 bits per heavy atom. The number of hydrogen-bond acceptors (Lipinski definition) is 7. The Morgan fingerprint density at radius 3 is 2.81 bits per heavy atom. The molecule has 7 nitrogen and oxygen atoms in total. The van der Waals surface area contributed by atoms with Gasteiger partial charge in [-0.25, -0.2) is 0 Å². The molecule has 1 fully saturated rings. The minimum Gasteiger partial charge on any atom is -0.461 e. The number of anilines is 2. The van der Waals surface area contributed by atoms with E-state index >= 15 is 0 Å². The number of ether oxygens (including phenoxy) is 2. The predicted octanol–water partition coefficient (Wildman–Crippen LogP) is 1.71. The third kappa shape index (κ3) is 4.42. The highest BCUT2D eigenvalue weighted by molar-refractivity contribution is 5.39. The molecule has 1 aromatic rings. The summed E-state index contributed by atoms with van der Waals surface area (Å²) in [6.07, 6.45) is 2.41. The summed E-state index contributed by atoms with van der Waals surface area (Å²) < 4.78 is 11.1. The van der Waals surface area contributed by atoms with E-state index in [1.54, 1.807) is 7.11 Å². The average Bonchev–Trinajstić information content (AvgIpc) is 2.46. The summed E-state index contributed by atoms with van der Waals surface area (Å²) in [5.74, 6) is 1.20. The van der Waals surface area contributed by atoms with Crippen LogP contribution in [0.4, 0.5) is 11.9 Å². The minimum absolute atomic E-state index is 0.0304. The van der Waals surface area contributed by atoms with Gasteiger partial charge < -0.3 is 19.7 Å². The summed E-state index contributed by atoms with van der Waals surface area (Å²) in [7, 11) is 1.75. The van der Waals surface area contributed by atoms with Crippen LogP contribution in [-0.4, -0.2) is 53.9 Å². The maximum atomic E-state index is 5.63. The van der Waals surface area contributed by atoms with Gasteiger partial charge in [-0.3, -0.25) is 0 Å². The van der Waals surface area contributed by atoms with Crippen molar-refractivity contribution in [3.05, 3.63) is 0 Å². The fourth-order valence-corrected chi connectivity index (χ4v) is 2.30. The van der Waals surface area contributed by atoms with Crippen molar-refractivity contribution in [2.75, 3.05) is 37.0 Å². The number of hydrogen-bond donors (Lipinski definition) is 1. The number of nitrogens with one attached hydrogen (secondary N) is 1. The third-order valence-electron chi connectivity index (χ3n) is 3.27. The number of methoxy groups -OCH3 is 1. The Kier molecular flexibility index (Phi) is 5.55. The zero-order chi connectivity index (χ0) is 15.2. The average molecular weight is 295 g/mol. The first-order valence-corrected chi connectivity index (χ1v) is 7.56. The second-order valence-electron chi connectivity index (χ2n) is 5.38. The Hall–Kier alpha value is -1.63. The Labute approximate surface area is 126 Å². The molecule has 1 aromatic heterocycles. The predicted molar refractivity (Wildman–Crippen MR) is 82.0 cm³/mol. The molecule has 21 heavy (non-hydrogen) atoms. The van der Waals surface area contributed by atoms with Gasteiger partial charge in [0, 0.05) is 26.7 Å². The molecule has 1 aliphatic heterocycles. The highest BCUT2D eigenvalue weighted by atomic mass is 16.5.